The molecule has 3 N–H and O–H groups in total. The van der Waals surface area contributed by atoms with Gasteiger partial charge in [0.1, 0.15) is 5.69 Å². The van der Waals surface area contributed by atoms with Crippen LogP contribution in [-0.4, -0.2) is 46.7 Å². The van der Waals surface area contributed by atoms with Crippen molar-refractivity contribution < 1.29 is 19.5 Å². The van der Waals surface area contributed by atoms with Gasteiger partial charge in [-0.15, -0.1) is 22.7 Å². The van der Waals surface area contributed by atoms with Crippen LogP contribution in [-0.2, 0) is 16.0 Å². The predicted octanol–water partition coefficient (Wildman–Crippen LogP) is 3.03. The number of unbranched alkanes of at least 4 members (excludes halogenated alkanes) is 2. The van der Waals surface area contributed by atoms with E-state index in [1.165, 1.54) is 22.7 Å². The van der Waals surface area contributed by atoms with E-state index in [0.29, 0.717) is 38.1 Å². The highest BCUT2D eigenvalue weighted by Crippen LogP contribution is 2.30. The van der Waals surface area contributed by atoms with Crippen molar-refractivity contribution in [3.05, 3.63) is 22.1 Å². The number of amides is 2. The molecule has 0 aliphatic carbocycles. The van der Waals surface area contributed by atoms with Crippen LogP contribution in [0.2, 0.25) is 0 Å². The standard InChI is InChI=1S/C18H26N4O4S2/c1-2-3-10-26-11-7-13-15(21-18(28-13)17-20-9-12-27-17)16(24)19-8-5-4-6-14(23)22-25/h9,12,25H,2-8,10-11H2,1H3,(H,19,24)(H,22,23). The average molecular weight is 427 g/mol. The molecule has 0 aliphatic heterocycles. The first-order chi connectivity index (χ1) is 13.7. The number of carbonyl (C=O) groups is 2. The zero-order valence-electron chi connectivity index (χ0n) is 15.9. The summed E-state index contributed by atoms with van der Waals surface area (Å²) in [7, 11) is 0. The molecule has 0 saturated carbocycles. The third kappa shape index (κ3) is 7.27. The van der Waals surface area contributed by atoms with E-state index in [9.17, 15) is 9.59 Å². The number of ether oxygens (including phenoxy) is 1. The molecule has 0 bridgehead atoms. The molecule has 0 saturated heterocycles. The van der Waals surface area contributed by atoms with Gasteiger partial charge in [0.05, 0.1) is 6.61 Å². The fourth-order valence-electron chi connectivity index (χ4n) is 2.38. The van der Waals surface area contributed by atoms with E-state index in [-0.39, 0.29) is 12.3 Å². The maximum absolute atomic E-state index is 12.6. The minimum absolute atomic E-state index is 0.220. The predicted molar refractivity (Wildman–Crippen MR) is 109 cm³/mol. The van der Waals surface area contributed by atoms with Crippen molar-refractivity contribution in [2.45, 2.75) is 45.4 Å². The summed E-state index contributed by atoms with van der Waals surface area (Å²) in [5.74, 6) is -0.654. The van der Waals surface area contributed by atoms with Gasteiger partial charge in [0.15, 0.2) is 10.0 Å². The van der Waals surface area contributed by atoms with E-state index in [1.807, 2.05) is 5.38 Å². The fraction of sp³-hybridized carbons (Fsp3) is 0.556. The summed E-state index contributed by atoms with van der Waals surface area (Å²) < 4.78 is 5.63. The zero-order chi connectivity index (χ0) is 20.2. The number of aromatic nitrogens is 2. The van der Waals surface area contributed by atoms with Crippen LogP contribution in [0.25, 0.3) is 10.0 Å². The molecule has 10 heteroatoms. The second-order valence-corrected chi connectivity index (χ2v) is 8.07. The number of hydrogen-bond donors (Lipinski definition) is 3. The Balaban J connectivity index is 1.93. The molecule has 0 atom stereocenters. The maximum atomic E-state index is 12.6. The van der Waals surface area contributed by atoms with Crippen molar-refractivity contribution in [1.82, 2.24) is 20.8 Å². The third-order valence-electron chi connectivity index (χ3n) is 3.88. The van der Waals surface area contributed by atoms with Crippen LogP contribution >= 0.6 is 22.7 Å². The van der Waals surface area contributed by atoms with Crippen molar-refractivity contribution >= 4 is 34.5 Å². The Kier molecular flexibility index (Phi) is 10.0. The molecule has 2 amide bonds. The van der Waals surface area contributed by atoms with Gasteiger partial charge in [-0.25, -0.2) is 15.4 Å². The minimum Gasteiger partial charge on any atom is -0.381 e. The molecule has 0 spiro atoms. The van der Waals surface area contributed by atoms with Gasteiger partial charge in [0.25, 0.3) is 5.91 Å². The Labute approximate surface area is 172 Å². The lowest BCUT2D eigenvalue weighted by molar-refractivity contribution is -0.129. The number of hydrogen-bond acceptors (Lipinski definition) is 8. The molecule has 0 aliphatic rings. The van der Waals surface area contributed by atoms with Gasteiger partial charge in [-0.05, 0) is 19.3 Å². The Bertz CT molecular complexity index is 734. The van der Waals surface area contributed by atoms with Crippen LogP contribution in [0, 0.1) is 0 Å². The third-order valence-corrected chi connectivity index (χ3v) is 5.92. The van der Waals surface area contributed by atoms with Gasteiger partial charge in [0, 0.05) is 42.4 Å². The smallest absolute Gasteiger partial charge is 0.271 e. The van der Waals surface area contributed by atoms with Gasteiger partial charge < -0.3 is 10.1 Å². The van der Waals surface area contributed by atoms with Crippen molar-refractivity contribution in [3.63, 3.8) is 0 Å². The van der Waals surface area contributed by atoms with Gasteiger partial charge in [-0.3, -0.25) is 14.8 Å². The first-order valence-corrected chi connectivity index (χ1v) is 11.0. The summed E-state index contributed by atoms with van der Waals surface area (Å²) >= 11 is 2.96. The summed E-state index contributed by atoms with van der Waals surface area (Å²) in [5.41, 5.74) is 2.01. The monoisotopic (exact) mass is 426 g/mol. The number of thiazole rings is 2. The lowest BCUT2D eigenvalue weighted by Gasteiger charge is -2.06. The highest BCUT2D eigenvalue weighted by Gasteiger charge is 2.19. The van der Waals surface area contributed by atoms with E-state index in [1.54, 1.807) is 11.7 Å². The number of carbonyl (C=O) groups excluding carboxylic acids is 2. The molecule has 2 aromatic rings. The molecular weight excluding hydrogens is 400 g/mol. The highest BCUT2D eigenvalue weighted by atomic mass is 32.1. The molecule has 0 fully saturated rings. The first-order valence-electron chi connectivity index (χ1n) is 9.34. The Morgan fingerprint density at radius 3 is 2.79 bits per heavy atom. The number of nitrogens with zero attached hydrogens (tertiary/aromatic N) is 2. The quantitative estimate of drug-likeness (QED) is 0.258. The molecule has 8 nitrogen and oxygen atoms in total. The minimum atomic E-state index is -0.427. The van der Waals surface area contributed by atoms with E-state index >= 15 is 0 Å². The largest absolute Gasteiger partial charge is 0.381 e. The van der Waals surface area contributed by atoms with Gasteiger partial charge in [0.2, 0.25) is 5.91 Å². The molecule has 2 rings (SSSR count). The lowest BCUT2D eigenvalue weighted by atomic mass is 10.2. The first kappa shape index (κ1) is 22.4. The molecular formula is C18H26N4O4S2. The summed E-state index contributed by atoms with van der Waals surface area (Å²) in [6, 6.07) is 0. The average Bonchev–Trinajstić information content (AvgIpc) is 3.37. The van der Waals surface area contributed by atoms with E-state index in [4.69, 9.17) is 9.94 Å². The molecule has 0 unspecified atom stereocenters. The second-order valence-electron chi connectivity index (χ2n) is 6.09. The summed E-state index contributed by atoms with van der Waals surface area (Å²) in [6.07, 6.45) is 5.89. The van der Waals surface area contributed by atoms with E-state index in [2.05, 4.69) is 22.2 Å². The Hall–Kier alpha value is -1.88. The van der Waals surface area contributed by atoms with Crippen LogP contribution in [0.3, 0.4) is 0 Å². The highest BCUT2D eigenvalue weighted by molar-refractivity contribution is 7.20. The van der Waals surface area contributed by atoms with Crippen molar-refractivity contribution in [1.29, 1.82) is 0 Å². The second kappa shape index (κ2) is 12.6. The zero-order valence-corrected chi connectivity index (χ0v) is 17.5. The van der Waals surface area contributed by atoms with Crippen molar-refractivity contribution in [2.24, 2.45) is 0 Å². The number of rotatable bonds is 13. The molecule has 28 heavy (non-hydrogen) atoms. The Morgan fingerprint density at radius 2 is 2.07 bits per heavy atom. The van der Waals surface area contributed by atoms with Crippen LogP contribution in [0.4, 0.5) is 0 Å². The summed E-state index contributed by atoms with van der Waals surface area (Å²) in [4.78, 5) is 33.3. The van der Waals surface area contributed by atoms with Gasteiger partial charge >= 0.3 is 0 Å². The van der Waals surface area contributed by atoms with Crippen LogP contribution in [0.15, 0.2) is 11.6 Å². The Morgan fingerprint density at radius 1 is 1.21 bits per heavy atom. The van der Waals surface area contributed by atoms with Gasteiger partial charge in [-0.2, -0.15) is 0 Å². The lowest BCUT2D eigenvalue weighted by Crippen LogP contribution is -2.26. The van der Waals surface area contributed by atoms with Crippen molar-refractivity contribution in [3.8, 4) is 10.0 Å². The summed E-state index contributed by atoms with van der Waals surface area (Å²) in [5, 5.41) is 14.7. The summed E-state index contributed by atoms with van der Waals surface area (Å²) in [6.45, 7) is 3.83. The number of nitrogens with one attached hydrogen (secondary N) is 2. The van der Waals surface area contributed by atoms with Crippen LogP contribution in [0.1, 0.15) is 54.4 Å². The van der Waals surface area contributed by atoms with Crippen LogP contribution < -0.4 is 10.8 Å². The fourth-order valence-corrected chi connectivity index (χ4v) is 4.10. The topological polar surface area (TPSA) is 113 Å². The van der Waals surface area contributed by atoms with Crippen LogP contribution in [0.5, 0.6) is 0 Å². The molecule has 154 valence electrons. The van der Waals surface area contributed by atoms with Gasteiger partial charge in [-0.1, -0.05) is 13.3 Å². The SMILES string of the molecule is CCCCOCCc1sc(-c2nccs2)nc1C(=O)NCCCCC(=O)NO. The van der Waals surface area contributed by atoms with Crippen molar-refractivity contribution in [2.75, 3.05) is 19.8 Å². The normalized spacial score (nSPS) is 10.8. The molecule has 2 aromatic heterocycles. The molecule has 2 heterocycles. The molecule has 0 radical (unpaired) electrons. The molecule has 0 aromatic carbocycles. The number of hydroxylamine groups is 1. The van der Waals surface area contributed by atoms with E-state index < -0.39 is 5.91 Å². The van der Waals surface area contributed by atoms with E-state index in [0.717, 1.165) is 34.3 Å². The maximum Gasteiger partial charge on any atom is 0.271 e.